The summed E-state index contributed by atoms with van der Waals surface area (Å²) in [6, 6.07) is 34.9. The molecule has 7 rings (SSSR count). The van der Waals surface area contributed by atoms with Crippen molar-refractivity contribution in [2.75, 3.05) is 4.90 Å². The van der Waals surface area contributed by atoms with E-state index in [2.05, 4.69) is 74.5 Å². The van der Waals surface area contributed by atoms with E-state index < -0.39 is 0 Å². The number of fused-ring (bicyclic) bond motifs is 5. The van der Waals surface area contributed by atoms with Gasteiger partial charge in [-0.15, -0.1) is 0 Å². The number of amides is 2. The Morgan fingerprint density at radius 2 is 1.08 bits per heavy atom. The van der Waals surface area contributed by atoms with Crippen molar-refractivity contribution in [2.45, 2.75) is 13.8 Å². The fourth-order valence-corrected chi connectivity index (χ4v) is 6.80. The maximum absolute atomic E-state index is 14.2. The SMILES string of the molecule is Cc1ccc(C(=C2[C@H]3C=C[C@H]2[C@@H]2C(=O)N(c4ccccc4-c4ccccc4)C(=O)[C@H]23)c2ccc(C)cc2)cc1. The fourth-order valence-electron chi connectivity index (χ4n) is 6.80. The van der Waals surface area contributed by atoms with Crippen LogP contribution in [0, 0.1) is 37.5 Å². The molecule has 0 spiro atoms. The van der Waals surface area contributed by atoms with Crippen LogP contribution in [-0.4, -0.2) is 11.8 Å². The molecular weight excluding hydrogens is 478 g/mol. The van der Waals surface area contributed by atoms with Crippen LogP contribution in [0.4, 0.5) is 5.69 Å². The molecule has 0 N–H and O–H groups in total. The quantitative estimate of drug-likeness (QED) is 0.213. The number of hydrogen-bond acceptors (Lipinski definition) is 2. The summed E-state index contributed by atoms with van der Waals surface area (Å²) in [5.74, 6) is -1.12. The van der Waals surface area contributed by atoms with Crippen molar-refractivity contribution in [3.05, 3.63) is 143 Å². The molecule has 0 aromatic heterocycles. The highest BCUT2D eigenvalue weighted by molar-refractivity contribution is 6.24. The van der Waals surface area contributed by atoms with Gasteiger partial charge in [-0.1, -0.05) is 120 Å². The van der Waals surface area contributed by atoms with Crippen molar-refractivity contribution in [3.8, 4) is 11.1 Å². The maximum Gasteiger partial charge on any atom is 0.238 e. The van der Waals surface area contributed by atoms with Crippen LogP contribution in [-0.2, 0) is 9.59 Å². The number of hydrogen-bond donors (Lipinski definition) is 0. The van der Waals surface area contributed by atoms with Gasteiger partial charge in [0.15, 0.2) is 0 Å². The Kier molecular flexibility index (Phi) is 5.48. The molecule has 1 saturated heterocycles. The van der Waals surface area contributed by atoms with Crippen molar-refractivity contribution in [3.63, 3.8) is 0 Å². The summed E-state index contributed by atoms with van der Waals surface area (Å²) < 4.78 is 0. The van der Waals surface area contributed by atoms with Crippen molar-refractivity contribution in [1.82, 2.24) is 0 Å². The third-order valence-electron chi connectivity index (χ3n) is 8.61. The van der Waals surface area contributed by atoms with E-state index in [-0.39, 0.29) is 35.5 Å². The zero-order valence-electron chi connectivity index (χ0n) is 22.0. The Balaban J connectivity index is 1.35. The van der Waals surface area contributed by atoms with E-state index in [4.69, 9.17) is 0 Å². The number of nitrogens with zero attached hydrogens (tertiary/aromatic N) is 1. The van der Waals surface area contributed by atoms with E-state index in [1.54, 1.807) is 0 Å². The van der Waals surface area contributed by atoms with E-state index in [1.807, 2.05) is 54.6 Å². The van der Waals surface area contributed by atoms with Gasteiger partial charge < -0.3 is 0 Å². The van der Waals surface area contributed by atoms with E-state index in [9.17, 15) is 9.59 Å². The van der Waals surface area contributed by atoms with Gasteiger partial charge in [0, 0.05) is 17.4 Å². The predicted octanol–water partition coefficient (Wildman–Crippen LogP) is 7.39. The van der Waals surface area contributed by atoms with Gasteiger partial charge in [-0.2, -0.15) is 0 Å². The van der Waals surface area contributed by atoms with E-state index in [0.29, 0.717) is 5.69 Å². The van der Waals surface area contributed by atoms with Gasteiger partial charge in [0.05, 0.1) is 17.5 Å². The second-order valence-electron chi connectivity index (χ2n) is 10.9. The summed E-state index contributed by atoms with van der Waals surface area (Å²) >= 11 is 0. The predicted molar refractivity (Wildman–Crippen MR) is 156 cm³/mol. The average Bonchev–Trinajstić information content (AvgIpc) is 3.60. The molecular formula is C36H29NO2. The highest BCUT2D eigenvalue weighted by Gasteiger charge is 2.62. The number of carbonyl (C=O) groups is 2. The third kappa shape index (κ3) is 3.64. The summed E-state index contributed by atoms with van der Waals surface area (Å²) in [5.41, 5.74) is 9.59. The van der Waals surface area contributed by atoms with Crippen LogP contribution in [0.15, 0.2) is 121 Å². The normalized spacial score (nSPS) is 23.0. The number of imide groups is 1. The Hall–Kier alpha value is -4.50. The van der Waals surface area contributed by atoms with E-state index >= 15 is 0 Å². The Bertz CT molecular complexity index is 1580. The number of benzene rings is 4. The summed E-state index contributed by atoms with van der Waals surface area (Å²) in [6.07, 6.45) is 4.34. The van der Waals surface area contributed by atoms with Crippen LogP contribution in [0.25, 0.3) is 16.7 Å². The monoisotopic (exact) mass is 507 g/mol. The van der Waals surface area contributed by atoms with E-state index in [1.165, 1.54) is 21.6 Å². The fraction of sp³-hybridized carbons (Fsp3) is 0.167. The highest BCUT2D eigenvalue weighted by atomic mass is 16.2. The van der Waals surface area contributed by atoms with E-state index in [0.717, 1.165) is 27.8 Å². The molecule has 3 nitrogen and oxygen atoms in total. The molecule has 0 unspecified atom stereocenters. The lowest BCUT2D eigenvalue weighted by Gasteiger charge is -2.23. The first-order valence-electron chi connectivity index (χ1n) is 13.6. The highest BCUT2D eigenvalue weighted by Crippen LogP contribution is 2.59. The molecule has 1 heterocycles. The first-order chi connectivity index (χ1) is 19.0. The van der Waals surface area contributed by atoms with Gasteiger partial charge in [-0.25, -0.2) is 4.90 Å². The Labute approximate surface area is 229 Å². The summed E-state index contributed by atoms with van der Waals surface area (Å²) in [7, 11) is 0. The lowest BCUT2D eigenvalue weighted by atomic mass is 9.85. The zero-order valence-corrected chi connectivity index (χ0v) is 22.0. The minimum Gasteiger partial charge on any atom is -0.274 e. The number of para-hydroxylation sites is 1. The molecule has 1 saturated carbocycles. The lowest BCUT2D eigenvalue weighted by molar-refractivity contribution is -0.122. The Morgan fingerprint density at radius 3 is 1.62 bits per heavy atom. The van der Waals surface area contributed by atoms with Crippen LogP contribution in [0.3, 0.4) is 0 Å². The Morgan fingerprint density at radius 1 is 0.590 bits per heavy atom. The molecule has 2 aliphatic carbocycles. The molecule has 2 amide bonds. The molecule has 190 valence electrons. The van der Waals surface area contributed by atoms with Crippen LogP contribution in [0.2, 0.25) is 0 Å². The number of allylic oxidation sites excluding steroid dienone is 3. The minimum absolute atomic E-state index is 0.0881. The van der Waals surface area contributed by atoms with Crippen LogP contribution < -0.4 is 4.90 Å². The third-order valence-corrected chi connectivity index (χ3v) is 8.61. The second-order valence-corrected chi connectivity index (χ2v) is 10.9. The molecule has 1 aliphatic heterocycles. The molecule has 4 atom stereocenters. The maximum atomic E-state index is 14.2. The smallest absolute Gasteiger partial charge is 0.238 e. The number of aryl methyl sites for hydroxylation is 2. The summed E-state index contributed by atoms with van der Waals surface area (Å²) in [4.78, 5) is 29.8. The molecule has 3 heteroatoms. The van der Waals surface area contributed by atoms with Gasteiger partial charge in [-0.05, 0) is 47.8 Å². The first kappa shape index (κ1) is 23.6. The molecule has 2 bridgehead atoms. The summed E-state index contributed by atoms with van der Waals surface area (Å²) in [5, 5.41) is 0. The van der Waals surface area contributed by atoms with Gasteiger partial charge >= 0.3 is 0 Å². The number of rotatable bonds is 4. The lowest BCUT2D eigenvalue weighted by Crippen LogP contribution is -2.33. The van der Waals surface area contributed by atoms with Crippen molar-refractivity contribution < 1.29 is 9.59 Å². The summed E-state index contributed by atoms with van der Waals surface area (Å²) in [6.45, 7) is 4.18. The largest absolute Gasteiger partial charge is 0.274 e. The molecule has 0 radical (unpaired) electrons. The molecule has 3 aliphatic rings. The van der Waals surface area contributed by atoms with Crippen LogP contribution in [0.5, 0.6) is 0 Å². The standard InChI is InChI=1S/C36H29NO2/c1-22-12-16-25(17-13-22)31(26-18-14-23(2)15-19-26)32-28-20-21-29(32)34-33(28)35(38)37(36(34)39)30-11-7-6-10-27(30)24-8-4-3-5-9-24/h3-21,28-29,33-34H,1-2H3/t28-,29-,33+,34+/m1/s1. The van der Waals surface area contributed by atoms with Crippen molar-refractivity contribution >= 4 is 23.1 Å². The van der Waals surface area contributed by atoms with Gasteiger partial charge in [-0.3, -0.25) is 9.59 Å². The zero-order chi connectivity index (χ0) is 26.7. The average molecular weight is 508 g/mol. The van der Waals surface area contributed by atoms with Crippen LogP contribution in [0.1, 0.15) is 22.3 Å². The molecule has 4 aromatic carbocycles. The molecule has 2 fully saturated rings. The van der Waals surface area contributed by atoms with Crippen molar-refractivity contribution in [2.24, 2.45) is 23.7 Å². The second kappa shape index (κ2) is 9.06. The first-order valence-corrected chi connectivity index (χ1v) is 13.6. The topological polar surface area (TPSA) is 37.4 Å². The minimum atomic E-state index is -0.378. The number of anilines is 1. The molecule has 39 heavy (non-hydrogen) atoms. The molecule has 4 aromatic rings. The van der Waals surface area contributed by atoms with Gasteiger partial charge in [0.25, 0.3) is 0 Å². The van der Waals surface area contributed by atoms with Gasteiger partial charge in [0.1, 0.15) is 0 Å². The van der Waals surface area contributed by atoms with Crippen molar-refractivity contribution in [1.29, 1.82) is 0 Å². The van der Waals surface area contributed by atoms with Gasteiger partial charge in [0.2, 0.25) is 11.8 Å². The van der Waals surface area contributed by atoms with Crippen LogP contribution >= 0.6 is 0 Å². The number of carbonyl (C=O) groups excluding carboxylic acids is 2.